The molecule has 0 aliphatic carbocycles. The lowest BCUT2D eigenvalue weighted by Crippen LogP contribution is -2.06. The Bertz CT molecular complexity index is 935. The van der Waals surface area contributed by atoms with E-state index in [-0.39, 0.29) is 36.1 Å². The molecule has 0 aliphatic rings. The average molecular weight is 364 g/mol. The Kier molecular flexibility index (Phi) is 5.61. The molecule has 0 bridgehead atoms. The van der Waals surface area contributed by atoms with Crippen LogP contribution in [0.3, 0.4) is 0 Å². The van der Waals surface area contributed by atoms with Gasteiger partial charge in [0.1, 0.15) is 29.6 Å². The Labute approximate surface area is 157 Å². The molecule has 0 fully saturated rings. The van der Waals surface area contributed by atoms with E-state index in [4.69, 9.17) is 4.74 Å². The summed E-state index contributed by atoms with van der Waals surface area (Å²) in [5, 5.41) is 28.9. The maximum Gasteiger partial charge on any atom is 0.166 e. The van der Waals surface area contributed by atoms with Crippen LogP contribution in [-0.4, -0.2) is 21.1 Å². The van der Waals surface area contributed by atoms with Crippen molar-refractivity contribution in [1.29, 1.82) is 0 Å². The van der Waals surface area contributed by atoms with Gasteiger partial charge in [-0.25, -0.2) is 0 Å². The zero-order valence-electron chi connectivity index (χ0n) is 14.6. The number of hydrogen-bond donors (Lipinski definition) is 3. The highest BCUT2D eigenvalue weighted by atomic mass is 16.5. The van der Waals surface area contributed by atoms with Crippen molar-refractivity contribution in [3.05, 3.63) is 83.4 Å². The van der Waals surface area contributed by atoms with Crippen molar-refractivity contribution < 1.29 is 24.9 Å². The second-order valence-corrected chi connectivity index (χ2v) is 6.19. The molecule has 0 heterocycles. The van der Waals surface area contributed by atoms with Gasteiger partial charge in [0.2, 0.25) is 0 Å². The van der Waals surface area contributed by atoms with Gasteiger partial charge in [-0.15, -0.1) is 0 Å². The van der Waals surface area contributed by atoms with Crippen molar-refractivity contribution in [2.75, 3.05) is 0 Å². The maximum atomic E-state index is 12.6. The molecular weight excluding hydrogens is 344 g/mol. The third-order valence-corrected chi connectivity index (χ3v) is 4.19. The van der Waals surface area contributed by atoms with Crippen molar-refractivity contribution in [1.82, 2.24) is 0 Å². The second kappa shape index (κ2) is 8.27. The van der Waals surface area contributed by atoms with E-state index in [1.807, 2.05) is 30.3 Å². The molecule has 138 valence electrons. The average Bonchev–Trinajstić information content (AvgIpc) is 2.66. The first-order valence-electron chi connectivity index (χ1n) is 8.57. The van der Waals surface area contributed by atoms with Gasteiger partial charge in [0.05, 0.1) is 5.56 Å². The van der Waals surface area contributed by atoms with Crippen molar-refractivity contribution in [2.24, 2.45) is 0 Å². The molecule has 0 aliphatic heterocycles. The smallest absolute Gasteiger partial charge is 0.166 e. The monoisotopic (exact) mass is 364 g/mol. The fraction of sp³-hybridized carbons (Fsp3) is 0.136. The van der Waals surface area contributed by atoms with Crippen LogP contribution in [-0.2, 0) is 13.0 Å². The molecule has 5 nitrogen and oxygen atoms in total. The molecule has 0 radical (unpaired) electrons. The molecule has 0 unspecified atom stereocenters. The summed E-state index contributed by atoms with van der Waals surface area (Å²) in [7, 11) is 0. The third kappa shape index (κ3) is 4.79. The van der Waals surface area contributed by atoms with Crippen molar-refractivity contribution in [2.45, 2.75) is 19.4 Å². The quantitative estimate of drug-likeness (QED) is 0.547. The fourth-order valence-electron chi connectivity index (χ4n) is 2.74. The van der Waals surface area contributed by atoms with E-state index >= 15 is 0 Å². The molecule has 3 rings (SSSR count). The number of carbonyl (C=O) groups is 1. The first kappa shape index (κ1) is 18.3. The molecule has 27 heavy (non-hydrogen) atoms. The maximum absolute atomic E-state index is 12.6. The van der Waals surface area contributed by atoms with Gasteiger partial charge in [-0.1, -0.05) is 36.4 Å². The number of phenols is 3. The Morgan fingerprint density at radius 1 is 0.852 bits per heavy atom. The van der Waals surface area contributed by atoms with Crippen molar-refractivity contribution >= 4 is 5.78 Å². The van der Waals surface area contributed by atoms with Crippen LogP contribution in [0.4, 0.5) is 0 Å². The summed E-state index contributed by atoms with van der Waals surface area (Å²) in [5.41, 5.74) is 1.90. The van der Waals surface area contributed by atoms with Crippen LogP contribution in [0.1, 0.15) is 27.9 Å². The van der Waals surface area contributed by atoms with E-state index < -0.39 is 0 Å². The van der Waals surface area contributed by atoms with Crippen molar-refractivity contribution in [3.8, 4) is 23.0 Å². The van der Waals surface area contributed by atoms with Gasteiger partial charge in [-0.05, 0) is 35.7 Å². The fourth-order valence-corrected chi connectivity index (χ4v) is 2.74. The first-order chi connectivity index (χ1) is 13.0. The zero-order chi connectivity index (χ0) is 19.2. The molecular formula is C22H20O5. The van der Waals surface area contributed by atoms with Gasteiger partial charge in [0, 0.05) is 18.6 Å². The summed E-state index contributed by atoms with van der Waals surface area (Å²) in [4.78, 5) is 12.6. The van der Waals surface area contributed by atoms with Crippen LogP contribution < -0.4 is 4.74 Å². The lowest BCUT2D eigenvalue weighted by Gasteiger charge is -2.12. The van der Waals surface area contributed by atoms with Gasteiger partial charge < -0.3 is 20.1 Å². The van der Waals surface area contributed by atoms with Crippen LogP contribution in [0, 0.1) is 0 Å². The molecule has 0 aromatic heterocycles. The lowest BCUT2D eigenvalue weighted by molar-refractivity contribution is 0.0978. The Hall–Kier alpha value is -3.47. The number of Topliss-reactive ketones (excluding diaryl/α,β-unsaturated/α-hetero) is 1. The van der Waals surface area contributed by atoms with Gasteiger partial charge in [0.15, 0.2) is 5.78 Å². The summed E-state index contributed by atoms with van der Waals surface area (Å²) in [6, 6.07) is 18.2. The standard InChI is InChI=1S/C22H20O5/c23-17-8-6-16(21(26)12-17)7-11-20(25)19-10-9-18(24)13-22(19)27-14-15-4-2-1-3-5-15/h1-6,8-10,12-13,23-24,26H,7,11,14H2. The highest BCUT2D eigenvalue weighted by Crippen LogP contribution is 2.28. The van der Waals surface area contributed by atoms with Gasteiger partial charge in [-0.3, -0.25) is 4.79 Å². The number of phenolic OH excluding ortho intramolecular Hbond substituents is 3. The summed E-state index contributed by atoms with van der Waals surface area (Å²) >= 11 is 0. The van der Waals surface area contributed by atoms with Crippen molar-refractivity contribution in [3.63, 3.8) is 0 Å². The van der Waals surface area contributed by atoms with E-state index in [1.165, 1.54) is 30.3 Å². The topological polar surface area (TPSA) is 87.0 Å². The minimum Gasteiger partial charge on any atom is -0.508 e. The minimum absolute atomic E-state index is 0.0193. The molecule has 5 heteroatoms. The number of benzene rings is 3. The Morgan fingerprint density at radius 3 is 2.30 bits per heavy atom. The highest BCUT2D eigenvalue weighted by molar-refractivity contribution is 5.99. The van der Waals surface area contributed by atoms with E-state index in [0.717, 1.165) is 5.56 Å². The van der Waals surface area contributed by atoms with Gasteiger partial charge in [0.25, 0.3) is 0 Å². The molecule has 3 N–H and O–H groups in total. The molecule has 3 aromatic rings. The lowest BCUT2D eigenvalue weighted by atomic mass is 10.0. The number of aryl methyl sites for hydroxylation is 1. The van der Waals surface area contributed by atoms with Gasteiger partial charge in [-0.2, -0.15) is 0 Å². The van der Waals surface area contributed by atoms with E-state index in [1.54, 1.807) is 6.07 Å². The summed E-state index contributed by atoms with van der Waals surface area (Å²) in [5.74, 6) is 0.0990. The number of rotatable bonds is 7. The first-order valence-corrected chi connectivity index (χ1v) is 8.57. The van der Waals surface area contributed by atoms with Crippen LogP contribution in [0.5, 0.6) is 23.0 Å². The Balaban J connectivity index is 1.72. The predicted octanol–water partition coefficient (Wildman–Crippen LogP) is 4.20. The van der Waals surface area contributed by atoms with Crippen LogP contribution in [0.2, 0.25) is 0 Å². The number of hydrogen-bond acceptors (Lipinski definition) is 5. The van der Waals surface area contributed by atoms with E-state index in [9.17, 15) is 20.1 Å². The molecule has 0 saturated carbocycles. The van der Waals surface area contributed by atoms with Crippen LogP contribution in [0.25, 0.3) is 0 Å². The third-order valence-electron chi connectivity index (χ3n) is 4.19. The molecule has 3 aromatic carbocycles. The minimum atomic E-state index is -0.162. The molecule has 0 saturated heterocycles. The Morgan fingerprint density at radius 2 is 1.56 bits per heavy atom. The number of ether oxygens (including phenoxy) is 1. The van der Waals surface area contributed by atoms with Crippen LogP contribution >= 0.6 is 0 Å². The summed E-state index contributed by atoms with van der Waals surface area (Å²) < 4.78 is 5.75. The SMILES string of the molecule is O=C(CCc1ccc(O)cc1O)c1ccc(O)cc1OCc1ccccc1. The van der Waals surface area contributed by atoms with Gasteiger partial charge >= 0.3 is 0 Å². The predicted molar refractivity (Wildman–Crippen MR) is 101 cm³/mol. The molecule has 0 atom stereocenters. The largest absolute Gasteiger partial charge is 0.508 e. The normalized spacial score (nSPS) is 10.5. The van der Waals surface area contributed by atoms with E-state index in [2.05, 4.69) is 0 Å². The van der Waals surface area contributed by atoms with E-state index in [0.29, 0.717) is 23.3 Å². The summed E-state index contributed by atoms with van der Waals surface area (Å²) in [6.45, 7) is 0.281. The van der Waals surface area contributed by atoms with Crippen LogP contribution in [0.15, 0.2) is 66.7 Å². The number of aromatic hydroxyl groups is 3. The summed E-state index contributed by atoms with van der Waals surface area (Å²) in [6.07, 6.45) is 0.481. The highest BCUT2D eigenvalue weighted by Gasteiger charge is 2.15. The number of carbonyl (C=O) groups excluding carboxylic acids is 1. The molecule has 0 amide bonds. The molecule has 0 spiro atoms. The second-order valence-electron chi connectivity index (χ2n) is 6.19. The number of ketones is 1. The zero-order valence-corrected chi connectivity index (χ0v) is 14.6.